The van der Waals surface area contributed by atoms with Crippen molar-refractivity contribution in [3.63, 3.8) is 0 Å². The van der Waals surface area contributed by atoms with Crippen LogP contribution >= 0.6 is 0 Å². The van der Waals surface area contributed by atoms with Gasteiger partial charge in [-0.1, -0.05) is 0 Å². The average molecular weight is 426 g/mol. The average Bonchev–Trinajstić information content (AvgIpc) is 3.13. The Hall–Kier alpha value is -3.03. The van der Waals surface area contributed by atoms with Crippen molar-refractivity contribution in [1.29, 1.82) is 0 Å². The number of amides is 2. The summed E-state index contributed by atoms with van der Waals surface area (Å²) in [7, 11) is 0. The monoisotopic (exact) mass is 426 g/mol. The van der Waals surface area contributed by atoms with Crippen LogP contribution in [0.25, 0.3) is 11.0 Å². The zero-order valence-corrected chi connectivity index (χ0v) is 17.6. The second-order valence-corrected chi connectivity index (χ2v) is 8.72. The van der Waals surface area contributed by atoms with Gasteiger partial charge in [-0.25, -0.2) is 9.59 Å². The highest BCUT2D eigenvalue weighted by molar-refractivity contribution is 5.84. The Bertz CT molecular complexity index is 1100. The van der Waals surface area contributed by atoms with Gasteiger partial charge >= 0.3 is 11.7 Å². The molecule has 1 aromatic heterocycles. The molecule has 1 spiro atoms. The van der Waals surface area contributed by atoms with Crippen LogP contribution in [0.2, 0.25) is 0 Å². The van der Waals surface area contributed by atoms with Crippen LogP contribution in [0.15, 0.2) is 27.4 Å². The van der Waals surface area contributed by atoms with Crippen molar-refractivity contribution in [2.24, 2.45) is 0 Å². The molecule has 0 radical (unpaired) electrons. The number of hydrogen-bond donors (Lipinski definition) is 1. The van der Waals surface area contributed by atoms with Crippen molar-refractivity contribution >= 4 is 23.0 Å². The molecule has 3 aliphatic rings. The number of nitrogens with zero attached hydrogens (tertiary/aromatic N) is 1. The number of fused-ring (bicyclic) bond motifs is 3. The van der Waals surface area contributed by atoms with Crippen molar-refractivity contribution in [2.75, 3.05) is 19.6 Å². The largest absolute Gasteiger partial charge is 0.481 e. The third-order valence-corrected chi connectivity index (χ3v) is 6.71. The Labute approximate surface area is 179 Å². The molecule has 3 heterocycles. The maximum absolute atomic E-state index is 12.9. The standard InChI is InChI=1S/C23H26N2O6/c1-14(20(26)25-10-8-23(9-11-25)13-24-22(28)31-23)29-15-6-7-17-16-4-2-3-5-18(16)21(27)30-19(17)12-15/h6-7,12,14H,2-5,8-11,13H2,1H3,(H,24,28). The van der Waals surface area contributed by atoms with Crippen LogP contribution in [0.5, 0.6) is 5.75 Å². The Kier molecular flexibility index (Phi) is 4.87. The molecule has 8 nitrogen and oxygen atoms in total. The van der Waals surface area contributed by atoms with E-state index in [-0.39, 0.29) is 17.6 Å². The summed E-state index contributed by atoms with van der Waals surface area (Å²) >= 11 is 0. The van der Waals surface area contributed by atoms with Gasteiger partial charge < -0.3 is 24.1 Å². The zero-order valence-electron chi connectivity index (χ0n) is 17.6. The molecule has 1 N–H and O–H groups in total. The molecule has 2 amide bonds. The van der Waals surface area contributed by atoms with Gasteiger partial charge in [-0.3, -0.25) is 4.79 Å². The zero-order chi connectivity index (χ0) is 21.6. The van der Waals surface area contributed by atoms with E-state index in [0.717, 1.165) is 42.2 Å². The van der Waals surface area contributed by atoms with Crippen LogP contribution in [0.4, 0.5) is 4.79 Å². The van der Waals surface area contributed by atoms with E-state index >= 15 is 0 Å². The van der Waals surface area contributed by atoms with Crippen LogP contribution in [0.3, 0.4) is 0 Å². The minimum Gasteiger partial charge on any atom is -0.481 e. The van der Waals surface area contributed by atoms with E-state index in [4.69, 9.17) is 13.9 Å². The maximum atomic E-state index is 12.9. The van der Waals surface area contributed by atoms with Gasteiger partial charge in [0.05, 0.1) is 6.54 Å². The third kappa shape index (κ3) is 3.64. The van der Waals surface area contributed by atoms with E-state index in [1.54, 1.807) is 17.9 Å². The van der Waals surface area contributed by atoms with Crippen molar-refractivity contribution in [3.8, 4) is 5.75 Å². The molecule has 1 atom stereocenters. The molecule has 2 fully saturated rings. The first-order valence-electron chi connectivity index (χ1n) is 11.0. The number of hydrogen-bond acceptors (Lipinski definition) is 6. The van der Waals surface area contributed by atoms with Gasteiger partial charge in [-0.05, 0) is 50.3 Å². The highest BCUT2D eigenvalue weighted by atomic mass is 16.6. The molecule has 2 aliphatic heterocycles. The normalized spacial score (nSPS) is 20.8. The number of rotatable bonds is 3. The highest BCUT2D eigenvalue weighted by Crippen LogP contribution is 2.31. The van der Waals surface area contributed by atoms with E-state index in [2.05, 4.69) is 5.32 Å². The maximum Gasteiger partial charge on any atom is 0.407 e. The number of piperidine rings is 1. The molecule has 8 heteroatoms. The molecular weight excluding hydrogens is 400 g/mol. The fourth-order valence-electron chi connectivity index (χ4n) is 4.93. The minimum atomic E-state index is -0.680. The molecule has 2 aromatic rings. The SMILES string of the molecule is CC(Oc1ccc2c3c(c(=O)oc2c1)CCCC3)C(=O)N1CCC2(CC1)CNC(=O)O2. The summed E-state index contributed by atoms with van der Waals surface area (Å²) in [6.45, 7) is 3.24. The minimum absolute atomic E-state index is 0.112. The van der Waals surface area contributed by atoms with Gasteiger partial charge in [-0.15, -0.1) is 0 Å². The summed E-state index contributed by atoms with van der Waals surface area (Å²) in [6, 6.07) is 5.45. The molecule has 5 rings (SSSR count). The summed E-state index contributed by atoms with van der Waals surface area (Å²) in [6.07, 6.45) is 3.88. The number of nitrogens with one attached hydrogen (secondary N) is 1. The van der Waals surface area contributed by atoms with E-state index in [1.165, 1.54) is 0 Å². The number of carbonyl (C=O) groups excluding carboxylic acids is 2. The number of carbonyl (C=O) groups is 2. The van der Waals surface area contributed by atoms with Gasteiger partial charge in [0.2, 0.25) is 0 Å². The third-order valence-electron chi connectivity index (χ3n) is 6.71. The Morgan fingerprint density at radius 2 is 1.90 bits per heavy atom. The van der Waals surface area contributed by atoms with Crippen LogP contribution in [-0.2, 0) is 22.4 Å². The van der Waals surface area contributed by atoms with Crippen molar-refractivity contribution in [3.05, 3.63) is 39.7 Å². The Balaban J connectivity index is 1.28. The molecule has 0 bridgehead atoms. The highest BCUT2D eigenvalue weighted by Gasteiger charge is 2.44. The topological polar surface area (TPSA) is 98.1 Å². The second-order valence-electron chi connectivity index (χ2n) is 8.72. The van der Waals surface area contributed by atoms with Crippen LogP contribution in [-0.4, -0.2) is 48.2 Å². The van der Waals surface area contributed by atoms with Gasteiger partial charge in [0.15, 0.2) is 6.10 Å². The number of benzene rings is 1. The van der Waals surface area contributed by atoms with E-state index in [9.17, 15) is 14.4 Å². The number of alkyl carbamates (subject to hydrolysis) is 1. The summed E-state index contributed by atoms with van der Waals surface area (Å²) < 4.78 is 16.9. The van der Waals surface area contributed by atoms with Gasteiger partial charge in [0, 0.05) is 42.9 Å². The molecule has 164 valence electrons. The van der Waals surface area contributed by atoms with E-state index in [1.807, 2.05) is 12.1 Å². The summed E-state index contributed by atoms with van der Waals surface area (Å²) in [4.78, 5) is 38.4. The van der Waals surface area contributed by atoms with Crippen LogP contribution in [0.1, 0.15) is 43.7 Å². The molecular formula is C23H26N2O6. The predicted octanol–water partition coefficient (Wildman–Crippen LogP) is 2.54. The lowest BCUT2D eigenvalue weighted by molar-refractivity contribution is -0.141. The molecule has 0 saturated carbocycles. The van der Waals surface area contributed by atoms with Crippen molar-refractivity contribution in [1.82, 2.24) is 10.2 Å². The first-order valence-corrected chi connectivity index (χ1v) is 11.0. The molecule has 1 aromatic carbocycles. The van der Waals surface area contributed by atoms with Gasteiger partial charge in [-0.2, -0.15) is 0 Å². The molecule has 31 heavy (non-hydrogen) atoms. The molecule has 1 aliphatic carbocycles. The number of likely N-dealkylation sites (tertiary alicyclic amines) is 1. The van der Waals surface area contributed by atoms with Crippen molar-refractivity contribution in [2.45, 2.75) is 57.2 Å². The lowest BCUT2D eigenvalue weighted by Crippen LogP contribution is -2.51. The first kappa shape index (κ1) is 19.9. The van der Waals surface area contributed by atoms with Gasteiger partial charge in [0.25, 0.3) is 5.91 Å². The Morgan fingerprint density at radius 1 is 1.16 bits per heavy atom. The van der Waals surface area contributed by atoms with E-state index in [0.29, 0.717) is 43.8 Å². The lowest BCUT2D eigenvalue weighted by Gasteiger charge is -2.38. The fourth-order valence-corrected chi connectivity index (χ4v) is 4.93. The van der Waals surface area contributed by atoms with Crippen LogP contribution in [0, 0.1) is 0 Å². The van der Waals surface area contributed by atoms with E-state index < -0.39 is 11.7 Å². The summed E-state index contributed by atoms with van der Waals surface area (Å²) in [5.41, 5.74) is 1.61. The van der Waals surface area contributed by atoms with Gasteiger partial charge in [0.1, 0.15) is 16.9 Å². The smallest absolute Gasteiger partial charge is 0.407 e. The molecule has 1 unspecified atom stereocenters. The summed E-state index contributed by atoms with van der Waals surface area (Å²) in [5, 5.41) is 3.64. The fraction of sp³-hybridized carbons (Fsp3) is 0.522. The second kappa shape index (κ2) is 7.59. The number of aryl methyl sites for hydroxylation is 1. The lowest BCUT2D eigenvalue weighted by atomic mass is 9.91. The number of ether oxygens (including phenoxy) is 2. The molecule has 2 saturated heterocycles. The first-order chi connectivity index (χ1) is 14.9. The predicted molar refractivity (Wildman–Crippen MR) is 112 cm³/mol. The Morgan fingerprint density at radius 3 is 2.61 bits per heavy atom. The quantitative estimate of drug-likeness (QED) is 0.758. The summed E-state index contributed by atoms with van der Waals surface area (Å²) in [5.74, 6) is 0.383. The van der Waals surface area contributed by atoms with Crippen molar-refractivity contribution < 1.29 is 23.5 Å². The van der Waals surface area contributed by atoms with Crippen LogP contribution < -0.4 is 15.7 Å².